The second-order valence-electron chi connectivity index (χ2n) is 3.99. The first-order valence-electron chi connectivity index (χ1n) is 5.60. The lowest BCUT2D eigenvalue weighted by atomic mass is 10.1. The van der Waals surface area contributed by atoms with Crippen LogP contribution in [0.25, 0.3) is 0 Å². The first-order valence-corrected chi connectivity index (χ1v) is 7.55. The van der Waals surface area contributed by atoms with E-state index in [2.05, 4.69) is 15.9 Å². The van der Waals surface area contributed by atoms with Crippen LogP contribution < -0.4 is 5.73 Å². The summed E-state index contributed by atoms with van der Waals surface area (Å²) in [4.78, 5) is 14.2. The van der Waals surface area contributed by atoms with E-state index in [0.29, 0.717) is 11.3 Å². The number of anilines is 1. The van der Waals surface area contributed by atoms with Gasteiger partial charge in [-0.05, 0) is 30.4 Å². The fourth-order valence-electron chi connectivity index (χ4n) is 1.85. The maximum absolute atomic E-state index is 12.3. The largest absolute Gasteiger partial charge is 0.398 e. The molecule has 0 saturated carbocycles. The summed E-state index contributed by atoms with van der Waals surface area (Å²) in [5.74, 6) is 2.21. The van der Waals surface area contributed by atoms with E-state index >= 15 is 0 Å². The summed E-state index contributed by atoms with van der Waals surface area (Å²) in [7, 11) is 0. The van der Waals surface area contributed by atoms with Gasteiger partial charge in [-0.1, -0.05) is 15.9 Å². The number of hydrogen-bond donors (Lipinski definition) is 1. The van der Waals surface area contributed by atoms with E-state index in [-0.39, 0.29) is 18.3 Å². The number of nitrogens with zero attached hydrogens (tertiary/aromatic N) is 1. The molecule has 0 unspecified atom stereocenters. The van der Waals surface area contributed by atoms with Crippen LogP contribution in [0.1, 0.15) is 16.8 Å². The number of nitrogen functional groups attached to an aromatic ring is 1. The van der Waals surface area contributed by atoms with Gasteiger partial charge in [-0.25, -0.2) is 0 Å². The molecule has 0 aliphatic carbocycles. The molecule has 0 spiro atoms. The van der Waals surface area contributed by atoms with Crippen LogP contribution in [0, 0.1) is 0 Å². The van der Waals surface area contributed by atoms with Gasteiger partial charge >= 0.3 is 0 Å². The Morgan fingerprint density at radius 3 is 2.83 bits per heavy atom. The van der Waals surface area contributed by atoms with Gasteiger partial charge in [0.1, 0.15) is 0 Å². The third kappa shape index (κ3) is 3.80. The normalized spacial score (nSPS) is 15.7. The lowest BCUT2D eigenvalue weighted by Crippen LogP contribution is -2.33. The zero-order chi connectivity index (χ0) is 12.3. The van der Waals surface area contributed by atoms with E-state index in [1.165, 1.54) is 0 Å². The van der Waals surface area contributed by atoms with Crippen molar-refractivity contribution < 1.29 is 4.79 Å². The van der Waals surface area contributed by atoms with Crippen molar-refractivity contribution >= 4 is 51.7 Å². The van der Waals surface area contributed by atoms with Gasteiger partial charge in [0.25, 0.3) is 5.91 Å². The van der Waals surface area contributed by atoms with E-state index in [4.69, 9.17) is 5.73 Å². The van der Waals surface area contributed by atoms with E-state index in [1.807, 2.05) is 22.7 Å². The first kappa shape index (κ1) is 15.7. The number of amides is 1. The molecule has 1 heterocycles. The Hall–Kier alpha value is -0.390. The second kappa shape index (κ2) is 7.26. The van der Waals surface area contributed by atoms with Crippen LogP contribution in [0.4, 0.5) is 5.69 Å². The summed E-state index contributed by atoms with van der Waals surface area (Å²) < 4.78 is 0.901. The van der Waals surface area contributed by atoms with Crippen molar-refractivity contribution in [3.63, 3.8) is 0 Å². The van der Waals surface area contributed by atoms with Gasteiger partial charge in [0.05, 0.1) is 5.56 Å². The van der Waals surface area contributed by atoms with Gasteiger partial charge in [0, 0.05) is 29.0 Å². The van der Waals surface area contributed by atoms with Crippen molar-refractivity contribution in [2.75, 3.05) is 30.3 Å². The Labute approximate surface area is 126 Å². The summed E-state index contributed by atoms with van der Waals surface area (Å²) in [5, 5.41) is 0. The highest BCUT2D eigenvalue weighted by molar-refractivity contribution is 9.10. The molecule has 1 fully saturated rings. The summed E-state index contributed by atoms with van der Waals surface area (Å²) in [6, 6.07) is 5.43. The molecule has 0 aromatic heterocycles. The molecule has 2 N–H and O–H groups in total. The number of carbonyl (C=O) groups is 1. The fourth-order valence-corrected chi connectivity index (χ4v) is 3.11. The highest BCUT2D eigenvalue weighted by Crippen LogP contribution is 2.21. The van der Waals surface area contributed by atoms with Crippen molar-refractivity contribution in [2.45, 2.75) is 6.42 Å². The summed E-state index contributed by atoms with van der Waals surface area (Å²) in [5.41, 5.74) is 7.04. The monoisotopic (exact) mass is 350 g/mol. The fraction of sp³-hybridized carbons (Fsp3) is 0.417. The standard InChI is InChI=1S/C12H15BrN2OS.ClH/c13-9-2-3-10(11(14)8-9)12(16)15-4-1-6-17-7-5-15;/h2-3,8H,1,4-7,14H2;1H. The summed E-state index contributed by atoms with van der Waals surface area (Å²) in [6.07, 6.45) is 1.06. The van der Waals surface area contributed by atoms with E-state index in [1.54, 1.807) is 12.1 Å². The van der Waals surface area contributed by atoms with Crippen LogP contribution in [0.2, 0.25) is 0 Å². The Bertz CT molecular complexity index is 423. The molecule has 6 heteroatoms. The van der Waals surface area contributed by atoms with Gasteiger partial charge in [-0.15, -0.1) is 12.4 Å². The lowest BCUT2D eigenvalue weighted by molar-refractivity contribution is 0.0769. The molecule has 0 bridgehead atoms. The molecule has 1 aliphatic heterocycles. The van der Waals surface area contributed by atoms with Crippen molar-refractivity contribution in [1.29, 1.82) is 0 Å². The van der Waals surface area contributed by atoms with Gasteiger partial charge in [0.2, 0.25) is 0 Å². The Balaban J connectivity index is 0.00000162. The number of carbonyl (C=O) groups excluding carboxylic acids is 1. The van der Waals surface area contributed by atoms with Crippen molar-refractivity contribution in [2.24, 2.45) is 0 Å². The number of rotatable bonds is 1. The molecule has 1 aromatic carbocycles. The molecule has 1 aromatic rings. The predicted octanol–water partition coefficient (Wildman–Crippen LogP) is 3.03. The zero-order valence-corrected chi connectivity index (χ0v) is 13.1. The number of nitrogens with two attached hydrogens (primary N) is 1. The average Bonchev–Trinajstić information content (AvgIpc) is 2.56. The minimum atomic E-state index is 0. The van der Waals surface area contributed by atoms with Gasteiger partial charge < -0.3 is 10.6 Å². The van der Waals surface area contributed by atoms with Crippen LogP contribution in [-0.2, 0) is 0 Å². The third-order valence-electron chi connectivity index (χ3n) is 2.75. The minimum Gasteiger partial charge on any atom is -0.398 e. The van der Waals surface area contributed by atoms with Crippen LogP contribution in [-0.4, -0.2) is 35.4 Å². The molecule has 2 rings (SSSR count). The average molecular weight is 352 g/mol. The molecule has 18 heavy (non-hydrogen) atoms. The number of thioether (sulfide) groups is 1. The van der Waals surface area contributed by atoms with Gasteiger partial charge in [0.15, 0.2) is 0 Å². The van der Waals surface area contributed by atoms with E-state index in [9.17, 15) is 4.79 Å². The molecule has 1 amide bonds. The molecule has 1 aliphatic rings. The quantitative estimate of drug-likeness (QED) is 0.791. The maximum Gasteiger partial charge on any atom is 0.255 e. The van der Waals surface area contributed by atoms with E-state index in [0.717, 1.165) is 35.5 Å². The smallest absolute Gasteiger partial charge is 0.255 e. The molecule has 0 atom stereocenters. The molecular weight excluding hydrogens is 336 g/mol. The van der Waals surface area contributed by atoms with Gasteiger partial charge in [-0.3, -0.25) is 4.79 Å². The topological polar surface area (TPSA) is 46.3 Å². The highest BCUT2D eigenvalue weighted by Gasteiger charge is 2.19. The molecule has 1 saturated heterocycles. The molecule has 100 valence electrons. The van der Waals surface area contributed by atoms with E-state index < -0.39 is 0 Å². The Morgan fingerprint density at radius 1 is 1.33 bits per heavy atom. The number of hydrogen-bond acceptors (Lipinski definition) is 3. The third-order valence-corrected chi connectivity index (χ3v) is 4.30. The number of halogens is 2. The molecule has 3 nitrogen and oxygen atoms in total. The van der Waals surface area contributed by atoms with Crippen molar-refractivity contribution in [1.82, 2.24) is 4.90 Å². The van der Waals surface area contributed by atoms with Crippen LogP contribution in [0.15, 0.2) is 22.7 Å². The predicted molar refractivity (Wildman–Crippen MR) is 83.6 cm³/mol. The van der Waals surface area contributed by atoms with Gasteiger partial charge in [-0.2, -0.15) is 11.8 Å². The summed E-state index contributed by atoms with van der Waals surface area (Å²) >= 11 is 5.25. The SMILES string of the molecule is Cl.Nc1cc(Br)ccc1C(=O)N1CCCSCC1. The lowest BCUT2D eigenvalue weighted by Gasteiger charge is -2.20. The Morgan fingerprint density at radius 2 is 2.11 bits per heavy atom. The van der Waals surface area contributed by atoms with Crippen molar-refractivity contribution in [3.8, 4) is 0 Å². The van der Waals surface area contributed by atoms with Crippen molar-refractivity contribution in [3.05, 3.63) is 28.2 Å². The van der Waals surface area contributed by atoms with Crippen LogP contribution >= 0.6 is 40.1 Å². The second-order valence-corrected chi connectivity index (χ2v) is 6.13. The highest BCUT2D eigenvalue weighted by atomic mass is 79.9. The number of benzene rings is 1. The van der Waals surface area contributed by atoms with Crippen LogP contribution in [0.3, 0.4) is 0 Å². The van der Waals surface area contributed by atoms with Crippen LogP contribution in [0.5, 0.6) is 0 Å². The zero-order valence-electron chi connectivity index (χ0n) is 9.89. The Kier molecular flexibility index (Phi) is 6.32. The minimum absolute atomic E-state index is 0. The maximum atomic E-state index is 12.3. The first-order chi connectivity index (χ1) is 8.18. The summed E-state index contributed by atoms with van der Waals surface area (Å²) in [6.45, 7) is 1.65. The molecule has 0 radical (unpaired) electrons. The molecular formula is C12H16BrClN2OS.